The minimum atomic E-state index is -0.219. The molecule has 0 N–H and O–H groups in total. The summed E-state index contributed by atoms with van der Waals surface area (Å²) in [5.74, 6) is 2.05. The standard InChI is InChI=1S/C17H18FN3OS/c1-11(2)21-16(15-7-8-22-12(15)3)19-20-17(21)23-10-13-5-4-6-14(18)9-13/h4-9,11H,10H2,1-3H3. The molecule has 0 aliphatic carbocycles. The lowest BCUT2D eigenvalue weighted by Gasteiger charge is -2.13. The SMILES string of the molecule is Cc1occc1-c1nnc(SCc2cccc(F)c2)n1C(C)C. The third-order valence-corrected chi connectivity index (χ3v) is 4.55. The fraction of sp³-hybridized carbons (Fsp3) is 0.294. The number of hydrogen-bond donors (Lipinski definition) is 0. The Balaban J connectivity index is 1.88. The van der Waals surface area contributed by atoms with E-state index in [-0.39, 0.29) is 11.9 Å². The Morgan fingerprint density at radius 3 is 2.74 bits per heavy atom. The average molecular weight is 331 g/mol. The summed E-state index contributed by atoms with van der Waals surface area (Å²) in [4.78, 5) is 0. The number of benzene rings is 1. The lowest BCUT2D eigenvalue weighted by Crippen LogP contribution is -2.05. The molecule has 0 spiro atoms. The first-order valence-corrected chi connectivity index (χ1v) is 8.41. The highest BCUT2D eigenvalue weighted by molar-refractivity contribution is 7.98. The molecule has 3 rings (SSSR count). The molecular weight excluding hydrogens is 313 g/mol. The van der Waals surface area contributed by atoms with Gasteiger partial charge in [-0.3, -0.25) is 4.57 Å². The van der Waals surface area contributed by atoms with Gasteiger partial charge in [-0.1, -0.05) is 23.9 Å². The van der Waals surface area contributed by atoms with Crippen LogP contribution in [0, 0.1) is 12.7 Å². The summed E-state index contributed by atoms with van der Waals surface area (Å²) in [6.07, 6.45) is 1.66. The Labute approximate surface area is 138 Å². The molecule has 0 aliphatic heterocycles. The molecule has 0 saturated heterocycles. The zero-order valence-corrected chi connectivity index (χ0v) is 14.1. The molecule has 0 radical (unpaired) electrons. The van der Waals surface area contributed by atoms with Gasteiger partial charge in [-0.05, 0) is 44.5 Å². The van der Waals surface area contributed by atoms with E-state index in [0.717, 1.165) is 27.9 Å². The molecule has 0 saturated carbocycles. The molecular formula is C17H18FN3OS. The van der Waals surface area contributed by atoms with Gasteiger partial charge >= 0.3 is 0 Å². The maximum absolute atomic E-state index is 13.3. The van der Waals surface area contributed by atoms with Gasteiger partial charge in [0.2, 0.25) is 0 Å². The first kappa shape index (κ1) is 15.8. The first-order chi connectivity index (χ1) is 11.1. The predicted octanol–water partition coefficient (Wildman–Crippen LogP) is 4.86. The van der Waals surface area contributed by atoms with Crippen molar-refractivity contribution < 1.29 is 8.81 Å². The van der Waals surface area contributed by atoms with Gasteiger partial charge in [-0.15, -0.1) is 10.2 Å². The molecule has 4 nitrogen and oxygen atoms in total. The first-order valence-electron chi connectivity index (χ1n) is 7.43. The molecule has 3 aromatic rings. The summed E-state index contributed by atoms with van der Waals surface area (Å²) >= 11 is 1.55. The topological polar surface area (TPSA) is 43.9 Å². The van der Waals surface area contributed by atoms with Crippen LogP contribution < -0.4 is 0 Å². The highest BCUT2D eigenvalue weighted by Crippen LogP contribution is 2.31. The summed E-state index contributed by atoms with van der Waals surface area (Å²) < 4.78 is 20.7. The Kier molecular flexibility index (Phi) is 4.52. The number of hydrogen-bond acceptors (Lipinski definition) is 4. The van der Waals surface area contributed by atoms with Crippen LogP contribution >= 0.6 is 11.8 Å². The third kappa shape index (κ3) is 3.32. The molecule has 0 unspecified atom stereocenters. The number of rotatable bonds is 5. The Morgan fingerprint density at radius 2 is 2.09 bits per heavy atom. The monoisotopic (exact) mass is 331 g/mol. The van der Waals surface area contributed by atoms with Crippen molar-refractivity contribution in [3.05, 3.63) is 53.7 Å². The second-order valence-electron chi connectivity index (χ2n) is 5.58. The number of thioether (sulfide) groups is 1. The Bertz CT molecular complexity index is 810. The molecule has 0 bridgehead atoms. The van der Waals surface area contributed by atoms with E-state index < -0.39 is 0 Å². The van der Waals surface area contributed by atoms with Crippen molar-refractivity contribution in [2.45, 2.75) is 37.7 Å². The molecule has 0 aliphatic rings. The fourth-order valence-electron chi connectivity index (χ4n) is 2.42. The summed E-state index contributed by atoms with van der Waals surface area (Å²) in [7, 11) is 0. The summed E-state index contributed by atoms with van der Waals surface area (Å²) in [5, 5.41) is 9.46. The van der Waals surface area contributed by atoms with Gasteiger partial charge in [0.25, 0.3) is 0 Å². The number of aryl methyl sites for hydroxylation is 1. The zero-order valence-electron chi connectivity index (χ0n) is 13.3. The maximum Gasteiger partial charge on any atom is 0.192 e. The van der Waals surface area contributed by atoms with Crippen LogP contribution in [0.25, 0.3) is 11.4 Å². The van der Waals surface area contributed by atoms with Crippen molar-refractivity contribution in [1.82, 2.24) is 14.8 Å². The van der Waals surface area contributed by atoms with E-state index in [4.69, 9.17) is 4.42 Å². The van der Waals surface area contributed by atoms with E-state index in [1.165, 1.54) is 6.07 Å². The van der Waals surface area contributed by atoms with Crippen LogP contribution in [0.1, 0.15) is 31.2 Å². The van der Waals surface area contributed by atoms with Crippen LogP contribution in [0.15, 0.2) is 46.2 Å². The molecule has 1 aromatic carbocycles. The predicted molar refractivity (Wildman–Crippen MR) is 88.8 cm³/mol. The molecule has 0 atom stereocenters. The van der Waals surface area contributed by atoms with Crippen molar-refractivity contribution in [3.63, 3.8) is 0 Å². The van der Waals surface area contributed by atoms with E-state index in [1.807, 2.05) is 19.1 Å². The summed E-state index contributed by atoms with van der Waals surface area (Å²) in [5.41, 5.74) is 1.87. The van der Waals surface area contributed by atoms with E-state index in [0.29, 0.717) is 5.75 Å². The molecule has 6 heteroatoms. The fourth-order valence-corrected chi connectivity index (χ4v) is 3.43. The van der Waals surface area contributed by atoms with Crippen LogP contribution in [0.5, 0.6) is 0 Å². The Hall–Kier alpha value is -2.08. The molecule has 0 fully saturated rings. The number of nitrogens with zero attached hydrogens (tertiary/aromatic N) is 3. The van der Waals surface area contributed by atoms with Crippen LogP contribution in [-0.2, 0) is 5.75 Å². The second kappa shape index (κ2) is 6.58. The smallest absolute Gasteiger partial charge is 0.192 e. The lowest BCUT2D eigenvalue weighted by atomic mass is 10.2. The Morgan fingerprint density at radius 1 is 1.26 bits per heavy atom. The average Bonchev–Trinajstić information content (AvgIpc) is 3.10. The second-order valence-corrected chi connectivity index (χ2v) is 6.52. The van der Waals surface area contributed by atoms with Crippen molar-refractivity contribution in [2.24, 2.45) is 0 Å². The minimum absolute atomic E-state index is 0.212. The molecule has 120 valence electrons. The van der Waals surface area contributed by atoms with Crippen LogP contribution in [-0.4, -0.2) is 14.8 Å². The van der Waals surface area contributed by atoms with E-state index in [1.54, 1.807) is 30.2 Å². The van der Waals surface area contributed by atoms with Gasteiger partial charge in [-0.25, -0.2) is 4.39 Å². The summed E-state index contributed by atoms with van der Waals surface area (Å²) in [6, 6.07) is 8.74. The lowest BCUT2D eigenvalue weighted by molar-refractivity contribution is 0.531. The highest BCUT2D eigenvalue weighted by atomic mass is 32.2. The molecule has 2 heterocycles. The van der Waals surface area contributed by atoms with Crippen molar-refractivity contribution >= 4 is 11.8 Å². The third-order valence-electron chi connectivity index (χ3n) is 3.54. The van der Waals surface area contributed by atoms with Gasteiger partial charge in [0.1, 0.15) is 11.6 Å². The number of furan rings is 1. The van der Waals surface area contributed by atoms with Crippen molar-refractivity contribution in [3.8, 4) is 11.4 Å². The van der Waals surface area contributed by atoms with E-state index in [9.17, 15) is 4.39 Å². The van der Waals surface area contributed by atoms with Crippen LogP contribution in [0.4, 0.5) is 4.39 Å². The maximum atomic E-state index is 13.3. The number of aromatic nitrogens is 3. The van der Waals surface area contributed by atoms with Gasteiger partial charge in [-0.2, -0.15) is 0 Å². The van der Waals surface area contributed by atoms with Crippen molar-refractivity contribution in [1.29, 1.82) is 0 Å². The number of halogens is 1. The van der Waals surface area contributed by atoms with E-state index in [2.05, 4.69) is 28.6 Å². The molecule has 23 heavy (non-hydrogen) atoms. The van der Waals surface area contributed by atoms with Gasteiger partial charge in [0.15, 0.2) is 11.0 Å². The quantitative estimate of drug-likeness (QED) is 0.626. The molecule has 0 amide bonds. The normalized spacial score (nSPS) is 11.3. The van der Waals surface area contributed by atoms with Gasteiger partial charge in [0, 0.05) is 11.8 Å². The van der Waals surface area contributed by atoms with Crippen LogP contribution in [0.2, 0.25) is 0 Å². The van der Waals surface area contributed by atoms with E-state index >= 15 is 0 Å². The zero-order chi connectivity index (χ0) is 16.4. The largest absolute Gasteiger partial charge is 0.469 e. The minimum Gasteiger partial charge on any atom is -0.469 e. The highest BCUT2D eigenvalue weighted by Gasteiger charge is 2.19. The summed E-state index contributed by atoms with van der Waals surface area (Å²) in [6.45, 7) is 6.09. The molecule has 2 aromatic heterocycles. The van der Waals surface area contributed by atoms with Crippen LogP contribution in [0.3, 0.4) is 0 Å². The van der Waals surface area contributed by atoms with Gasteiger partial charge in [0.05, 0.1) is 11.8 Å². The van der Waals surface area contributed by atoms with Crippen molar-refractivity contribution in [2.75, 3.05) is 0 Å². The van der Waals surface area contributed by atoms with Gasteiger partial charge < -0.3 is 4.42 Å².